The molecule has 0 spiro atoms. The number of anilines is 1. The summed E-state index contributed by atoms with van der Waals surface area (Å²) < 4.78 is 29.2. The van der Waals surface area contributed by atoms with Gasteiger partial charge >= 0.3 is 0 Å². The van der Waals surface area contributed by atoms with Crippen LogP contribution in [0, 0.1) is 5.92 Å². The van der Waals surface area contributed by atoms with E-state index >= 15 is 0 Å². The van der Waals surface area contributed by atoms with Gasteiger partial charge in [-0.05, 0) is 42.2 Å². The number of hydrogen-bond acceptors (Lipinski definition) is 6. The Morgan fingerprint density at radius 3 is 2.72 bits per heavy atom. The van der Waals surface area contributed by atoms with Crippen molar-refractivity contribution in [1.29, 1.82) is 0 Å². The summed E-state index contributed by atoms with van der Waals surface area (Å²) in [5, 5.41) is 0.960. The maximum Gasteiger partial charge on any atom is 0.218 e. The number of pyridine rings is 2. The van der Waals surface area contributed by atoms with Gasteiger partial charge in [0, 0.05) is 62.0 Å². The third-order valence-corrected chi connectivity index (χ3v) is 7.66. The largest absolute Gasteiger partial charge is 0.369 e. The Bertz CT molecular complexity index is 1100. The van der Waals surface area contributed by atoms with Gasteiger partial charge in [-0.1, -0.05) is 6.92 Å². The monoisotopic (exact) mass is 414 g/mol. The lowest BCUT2D eigenvalue weighted by Gasteiger charge is -2.42. The number of sulfonamides is 1. The Balaban J connectivity index is 1.58. The second kappa shape index (κ2) is 7.64. The van der Waals surface area contributed by atoms with Crippen molar-refractivity contribution < 1.29 is 8.42 Å². The van der Waals surface area contributed by atoms with Crippen LogP contribution in [-0.4, -0.2) is 53.5 Å². The van der Waals surface area contributed by atoms with Gasteiger partial charge in [-0.25, -0.2) is 13.4 Å². The SMILES string of the molecule is C[C@@H]1CCN(S(=O)(=O)Cc2ccncc2)CC1N(C)c1ccnc2c1ccn2N. The second-order valence-corrected chi connectivity index (χ2v) is 9.67. The van der Waals surface area contributed by atoms with Gasteiger partial charge in [0.2, 0.25) is 10.0 Å². The highest BCUT2D eigenvalue weighted by atomic mass is 32.2. The molecule has 0 bridgehead atoms. The molecule has 29 heavy (non-hydrogen) atoms. The Labute approximate surface area is 171 Å². The predicted octanol–water partition coefficient (Wildman–Crippen LogP) is 1.82. The molecule has 2 N–H and O–H groups in total. The van der Waals surface area contributed by atoms with E-state index in [1.54, 1.807) is 41.2 Å². The number of nitrogen functional groups attached to an aromatic ring is 1. The van der Waals surface area contributed by atoms with Crippen LogP contribution in [0.3, 0.4) is 0 Å². The van der Waals surface area contributed by atoms with Crippen LogP contribution < -0.4 is 10.7 Å². The zero-order valence-electron chi connectivity index (χ0n) is 16.6. The van der Waals surface area contributed by atoms with Crippen LogP contribution in [0.1, 0.15) is 18.9 Å². The summed E-state index contributed by atoms with van der Waals surface area (Å²) in [4.78, 5) is 10.5. The zero-order chi connectivity index (χ0) is 20.6. The second-order valence-electron chi connectivity index (χ2n) is 7.70. The molecule has 1 aliphatic rings. The third-order valence-electron chi connectivity index (χ3n) is 5.84. The Kier molecular flexibility index (Phi) is 5.18. The number of piperidine rings is 1. The molecule has 1 fully saturated rings. The number of nitrogens with two attached hydrogens (primary N) is 1. The molecule has 3 aromatic rings. The van der Waals surface area contributed by atoms with Crippen LogP contribution in [0.2, 0.25) is 0 Å². The van der Waals surface area contributed by atoms with Crippen molar-refractivity contribution in [3.63, 3.8) is 0 Å². The van der Waals surface area contributed by atoms with E-state index in [0.29, 0.717) is 24.7 Å². The van der Waals surface area contributed by atoms with Crippen LogP contribution in [0.15, 0.2) is 49.1 Å². The molecule has 2 atom stereocenters. The number of rotatable bonds is 5. The molecule has 1 aliphatic heterocycles. The molecule has 3 aromatic heterocycles. The first kappa shape index (κ1) is 19.7. The van der Waals surface area contributed by atoms with Crippen molar-refractivity contribution >= 4 is 26.7 Å². The van der Waals surface area contributed by atoms with E-state index in [1.165, 1.54) is 4.68 Å². The van der Waals surface area contributed by atoms with Crippen molar-refractivity contribution in [2.24, 2.45) is 5.92 Å². The number of hydrogen-bond donors (Lipinski definition) is 1. The standard InChI is InChI=1S/C20H26N6O2S/c1-15-6-11-25(29(27,28)14-16-3-8-22-9-4-16)13-19(15)24(2)18-5-10-23-20-17(18)7-12-26(20)21/h3-5,7-10,12,15,19H,6,11,13-14,21H2,1-2H3/t15-,19?/m1/s1. The molecule has 9 heteroatoms. The molecule has 1 unspecified atom stereocenters. The molecular formula is C20H26N6O2S. The van der Waals surface area contributed by atoms with Crippen molar-refractivity contribution in [3.8, 4) is 0 Å². The zero-order valence-corrected chi connectivity index (χ0v) is 17.5. The van der Waals surface area contributed by atoms with Gasteiger partial charge < -0.3 is 10.7 Å². The van der Waals surface area contributed by atoms with Crippen LogP contribution in [0.5, 0.6) is 0 Å². The van der Waals surface area contributed by atoms with E-state index < -0.39 is 10.0 Å². The third kappa shape index (κ3) is 3.79. The maximum atomic E-state index is 13.0. The summed E-state index contributed by atoms with van der Waals surface area (Å²) in [5.41, 5.74) is 2.47. The highest BCUT2D eigenvalue weighted by Gasteiger charge is 2.35. The molecule has 0 aliphatic carbocycles. The maximum absolute atomic E-state index is 13.0. The highest BCUT2D eigenvalue weighted by Crippen LogP contribution is 2.31. The lowest BCUT2D eigenvalue weighted by Crippen LogP contribution is -2.52. The summed E-state index contributed by atoms with van der Waals surface area (Å²) >= 11 is 0. The van der Waals surface area contributed by atoms with Crippen molar-refractivity contribution in [1.82, 2.24) is 18.9 Å². The van der Waals surface area contributed by atoms with Gasteiger partial charge in [0.25, 0.3) is 0 Å². The first-order valence-corrected chi connectivity index (χ1v) is 11.3. The summed E-state index contributed by atoms with van der Waals surface area (Å²) in [6.07, 6.45) is 7.58. The minimum absolute atomic E-state index is 0.00411. The average molecular weight is 415 g/mol. The van der Waals surface area contributed by atoms with E-state index in [4.69, 9.17) is 5.84 Å². The minimum atomic E-state index is -3.40. The lowest BCUT2D eigenvalue weighted by atomic mass is 9.93. The number of fused-ring (bicyclic) bond motifs is 1. The molecule has 0 aromatic carbocycles. The molecular weight excluding hydrogens is 388 g/mol. The predicted molar refractivity (Wildman–Crippen MR) is 114 cm³/mol. The fourth-order valence-electron chi connectivity index (χ4n) is 4.09. The number of aromatic nitrogens is 3. The summed E-state index contributed by atoms with van der Waals surface area (Å²) in [6, 6.07) is 7.46. The average Bonchev–Trinajstić information content (AvgIpc) is 3.09. The molecule has 4 rings (SSSR count). The van der Waals surface area contributed by atoms with E-state index in [1.807, 2.05) is 19.2 Å². The van der Waals surface area contributed by atoms with Gasteiger partial charge in [0.05, 0.1) is 5.75 Å². The molecule has 154 valence electrons. The summed E-state index contributed by atoms with van der Waals surface area (Å²) in [6.45, 7) is 3.18. The van der Waals surface area contributed by atoms with E-state index in [-0.39, 0.29) is 11.8 Å². The van der Waals surface area contributed by atoms with Gasteiger partial charge in [0.15, 0.2) is 5.65 Å². The fraction of sp³-hybridized carbons (Fsp3) is 0.400. The van der Waals surface area contributed by atoms with Crippen LogP contribution in [0.25, 0.3) is 11.0 Å². The highest BCUT2D eigenvalue weighted by molar-refractivity contribution is 7.88. The van der Waals surface area contributed by atoms with Gasteiger partial charge in [-0.2, -0.15) is 4.31 Å². The smallest absolute Gasteiger partial charge is 0.218 e. The lowest BCUT2D eigenvalue weighted by molar-refractivity contribution is 0.247. The van der Waals surface area contributed by atoms with Crippen LogP contribution >= 0.6 is 0 Å². The Hall–Kier alpha value is -2.65. The van der Waals surface area contributed by atoms with Crippen molar-refractivity contribution in [2.45, 2.75) is 25.1 Å². The Morgan fingerprint density at radius 2 is 1.97 bits per heavy atom. The van der Waals surface area contributed by atoms with Gasteiger partial charge in [-0.3, -0.25) is 9.66 Å². The molecule has 0 saturated carbocycles. The number of likely N-dealkylation sites (N-methyl/N-ethyl adjacent to an activating group) is 1. The van der Waals surface area contributed by atoms with E-state index in [2.05, 4.69) is 21.8 Å². The summed E-state index contributed by atoms with van der Waals surface area (Å²) in [5.74, 6) is 6.30. The van der Waals surface area contributed by atoms with Crippen molar-refractivity contribution in [2.75, 3.05) is 30.9 Å². The van der Waals surface area contributed by atoms with Crippen molar-refractivity contribution in [3.05, 3.63) is 54.6 Å². The van der Waals surface area contributed by atoms with Crippen LogP contribution in [-0.2, 0) is 15.8 Å². The molecule has 0 amide bonds. The van der Waals surface area contributed by atoms with Crippen LogP contribution in [0.4, 0.5) is 5.69 Å². The first-order chi connectivity index (χ1) is 13.9. The quantitative estimate of drug-likeness (QED) is 0.640. The topological polar surface area (TPSA) is 97.4 Å². The first-order valence-electron chi connectivity index (χ1n) is 9.67. The minimum Gasteiger partial charge on any atom is -0.369 e. The molecule has 1 saturated heterocycles. The molecule has 4 heterocycles. The molecule has 0 radical (unpaired) electrons. The van der Waals surface area contributed by atoms with E-state index in [9.17, 15) is 8.42 Å². The summed E-state index contributed by atoms with van der Waals surface area (Å²) in [7, 11) is -1.39. The Morgan fingerprint density at radius 1 is 1.21 bits per heavy atom. The van der Waals surface area contributed by atoms with Gasteiger partial charge in [-0.15, -0.1) is 0 Å². The normalized spacial score (nSPS) is 20.8. The van der Waals surface area contributed by atoms with Gasteiger partial charge in [0.1, 0.15) is 0 Å². The molecule has 8 nitrogen and oxygen atoms in total. The van der Waals surface area contributed by atoms with E-state index in [0.717, 1.165) is 23.1 Å². The number of nitrogens with zero attached hydrogens (tertiary/aromatic N) is 5. The fourth-order valence-corrected chi connectivity index (χ4v) is 5.65.